The number of nitrogens with zero attached hydrogens (tertiary/aromatic N) is 2. The van der Waals surface area contributed by atoms with Crippen LogP contribution in [0.15, 0.2) is 18.3 Å². The summed E-state index contributed by atoms with van der Waals surface area (Å²) in [4.78, 5) is 18.4. The third kappa shape index (κ3) is 1.37. The molecule has 0 radical (unpaired) electrons. The number of esters is 1. The number of hydrogen-bond donors (Lipinski definition) is 0. The van der Waals surface area contributed by atoms with Gasteiger partial charge in [-0.2, -0.15) is 0 Å². The lowest BCUT2D eigenvalue weighted by atomic mass is 10.1. The molecule has 2 saturated heterocycles. The highest BCUT2D eigenvalue weighted by molar-refractivity contribution is 8.00. The number of aromatic nitrogens is 1. The summed E-state index contributed by atoms with van der Waals surface area (Å²) < 4.78 is 5.46. The maximum Gasteiger partial charge on any atom is 0.307 e. The third-order valence-electron chi connectivity index (χ3n) is 4.12. The molecule has 4 heterocycles. The average molecular weight is 262 g/mol. The molecular formula is C13H14N2O2S. The van der Waals surface area contributed by atoms with Crippen LogP contribution in [0, 0.1) is 0 Å². The molecule has 0 amide bonds. The Morgan fingerprint density at radius 2 is 2.44 bits per heavy atom. The van der Waals surface area contributed by atoms with Gasteiger partial charge in [0, 0.05) is 18.8 Å². The number of carbonyl (C=O) groups is 1. The first-order chi connectivity index (χ1) is 8.74. The lowest BCUT2D eigenvalue weighted by Crippen LogP contribution is -2.48. The molecule has 0 N–H and O–H groups in total. The van der Waals surface area contributed by atoms with E-state index in [1.54, 1.807) is 0 Å². The average Bonchev–Trinajstić information content (AvgIpc) is 2.91. The lowest BCUT2D eigenvalue weighted by Gasteiger charge is -2.40. The van der Waals surface area contributed by atoms with E-state index < -0.39 is 0 Å². The Kier molecular flexibility index (Phi) is 2.23. The minimum atomic E-state index is -0.0493. The molecule has 2 fully saturated rings. The molecule has 0 bridgehead atoms. The Bertz CT molecular complexity index is 521. The van der Waals surface area contributed by atoms with Crippen molar-refractivity contribution in [1.82, 2.24) is 9.88 Å². The van der Waals surface area contributed by atoms with Gasteiger partial charge in [-0.15, -0.1) is 11.8 Å². The zero-order valence-corrected chi connectivity index (χ0v) is 10.9. The van der Waals surface area contributed by atoms with Gasteiger partial charge in [-0.25, -0.2) is 0 Å². The van der Waals surface area contributed by atoms with Crippen molar-refractivity contribution in [1.29, 1.82) is 0 Å². The summed E-state index contributed by atoms with van der Waals surface area (Å²) in [6.07, 6.45) is 2.45. The van der Waals surface area contributed by atoms with Crippen molar-refractivity contribution in [3.05, 3.63) is 29.6 Å². The van der Waals surface area contributed by atoms with E-state index in [1.807, 2.05) is 24.0 Å². The summed E-state index contributed by atoms with van der Waals surface area (Å²) in [5.41, 5.74) is 2.49. The number of carbonyl (C=O) groups excluding carboxylic acids is 1. The van der Waals surface area contributed by atoms with Crippen LogP contribution in [0.2, 0.25) is 0 Å². The Morgan fingerprint density at radius 1 is 1.56 bits per heavy atom. The zero-order chi connectivity index (χ0) is 12.3. The van der Waals surface area contributed by atoms with Crippen molar-refractivity contribution in [3.8, 4) is 0 Å². The van der Waals surface area contributed by atoms with E-state index in [0.717, 1.165) is 6.54 Å². The minimum absolute atomic E-state index is 0.0491. The smallest absolute Gasteiger partial charge is 0.307 e. The Labute approximate surface area is 110 Å². The van der Waals surface area contributed by atoms with Gasteiger partial charge in [-0.3, -0.25) is 14.7 Å². The molecule has 4 rings (SSSR count). The monoisotopic (exact) mass is 262 g/mol. The van der Waals surface area contributed by atoms with Crippen molar-refractivity contribution in [2.45, 2.75) is 42.7 Å². The van der Waals surface area contributed by atoms with E-state index in [1.165, 1.54) is 11.3 Å². The molecule has 1 aromatic rings. The van der Waals surface area contributed by atoms with Gasteiger partial charge in [0.15, 0.2) is 0 Å². The van der Waals surface area contributed by atoms with Crippen LogP contribution in [0.1, 0.15) is 30.0 Å². The molecule has 5 heteroatoms. The number of pyridine rings is 1. The summed E-state index contributed by atoms with van der Waals surface area (Å²) in [5.74, 6) is -0.0493. The van der Waals surface area contributed by atoms with Gasteiger partial charge in [0.25, 0.3) is 0 Å². The molecule has 4 unspecified atom stereocenters. The van der Waals surface area contributed by atoms with Crippen molar-refractivity contribution in [3.63, 3.8) is 0 Å². The van der Waals surface area contributed by atoms with E-state index >= 15 is 0 Å². The molecule has 18 heavy (non-hydrogen) atoms. The van der Waals surface area contributed by atoms with Crippen LogP contribution >= 0.6 is 11.8 Å². The van der Waals surface area contributed by atoms with Gasteiger partial charge >= 0.3 is 5.97 Å². The van der Waals surface area contributed by atoms with E-state index in [9.17, 15) is 4.79 Å². The number of fused-ring (bicyclic) bond motifs is 4. The standard InChI is InChI=1S/C13H14N2O2S/c1-7-12-9(5-10(16)17-12)18-13-11-8(6-15(7)13)3-2-4-14-11/h2-4,7,9,12-13H,5-6H2,1H3. The summed E-state index contributed by atoms with van der Waals surface area (Å²) in [6.45, 7) is 3.08. The lowest BCUT2D eigenvalue weighted by molar-refractivity contribution is -0.143. The highest BCUT2D eigenvalue weighted by Gasteiger charge is 2.51. The summed E-state index contributed by atoms with van der Waals surface area (Å²) in [7, 11) is 0. The fourth-order valence-electron chi connectivity index (χ4n) is 3.19. The second-order valence-electron chi connectivity index (χ2n) is 5.15. The Hall–Kier alpha value is -1.07. The van der Waals surface area contributed by atoms with Crippen LogP contribution in [-0.4, -0.2) is 33.2 Å². The fraction of sp³-hybridized carbons (Fsp3) is 0.538. The van der Waals surface area contributed by atoms with Gasteiger partial charge in [0.1, 0.15) is 11.5 Å². The molecule has 3 aliphatic rings. The van der Waals surface area contributed by atoms with Gasteiger partial charge in [0.05, 0.1) is 17.4 Å². The molecule has 0 aromatic carbocycles. The Morgan fingerprint density at radius 3 is 3.33 bits per heavy atom. The van der Waals surface area contributed by atoms with E-state index in [0.29, 0.717) is 17.0 Å². The van der Waals surface area contributed by atoms with Crippen LogP contribution < -0.4 is 0 Å². The molecule has 4 nitrogen and oxygen atoms in total. The molecule has 4 atom stereocenters. The zero-order valence-electron chi connectivity index (χ0n) is 10.1. The van der Waals surface area contributed by atoms with Gasteiger partial charge in [-0.1, -0.05) is 6.07 Å². The van der Waals surface area contributed by atoms with Crippen molar-refractivity contribution >= 4 is 17.7 Å². The molecule has 94 valence electrons. The maximum atomic E-state index is 11.5. The predicted molar refractivity (Wildman–Crippen MR) is 67.9 cm³/mol. The number of rotatable bonds is 0. The summed E-state index contributed by atoms with van der Waals surface area (Å²) in [5, 5.41) is 0.591. The second kappa shape index (κ2) is 3.71. The van der Waals surface area contributed by atoms with Crippen LogP contribution in [0.3, 0.4) is 0 Å². The molecular weight excluding hydrogens is 248 g/mol. The number of ether oxygens (including phenoxy) is 1. The second-order valence-corrected chi connectivity index (χ2v) is 6.47. The summed E-state index contributed by atoms with van der Waals surface area (Å²) >= 11 is 1.84. The molecule has 1 aromatic heterocycles. The van der Waals surface area contributed by atoms with Crippen LogP contribution in [0.25, 0.3) is 0 Å². The molecule has 0 saturated carbocycles. The third-order valence-corrected chi connectivity index (χ3v) is 5.65. The maximum absolute atomic E-state index is 11.5. The van der Waals surface area contributed by atoms with Crippen molar-refractivity contribution in [2.24, 2.45) is 0 Å². The van der Waals surface area contributed by atoms with E-state index in [4.69, 9.17) is 4.74 Å². The highest BCUT2D eigenvalue weighted by Crippen LogP contribution is 2.51. The topological polar surface area (TPSA) is 42.4 Å². The fourth-order valence-corrected chi connectivity index (χ4v) is 4.95. The van der Waals surface area contributed by atoms with Crippen LogP contribution in [0.5, 0.6) is 0 Å². The van der Waals surface area contributed by atoms with E-state index in [-0.39, 0.29) is 18.1 Å². The van der Waals surface area contributed by atoms with E-state index in [2.05, 4.69) is 22.9 Å². The van der Waals surface area contributed by atoms with Gasteiger partial charge in [0.2, 0.25) is 0 Å². The Balaban J connectivity index is 1.71. The first-order valence-electron chi connectivity index (χ1n) is 6.28. The minimum Gasteiger partial charge on any atom is -0.459 e. The predicted octanol–water partition coefficient (Wildman–Crippen LogP) is 1.72. The van der Waals surface area contributed by atoms with Crippen LogP contribution in [0.4, 0.5) is 0 Å². The van der Waals surface area contributed by atoms with Gasteiger partial charge < -0.3 is 4.74 Å². The first-order valence-corrected chi connectivity index (χ1v) is 7.23. The first kappa shape index (κ1) is 10.8. The normalized spacial score (nSPS) is 37.9. The quantitative estimate of drug-likeness (QED) is 0.666. The molecule has 3 aliphatic heterocycles. The van der Waals surface area contributed by atoms with Crippen molar-refractivity contribution < 1.29 is 9.53 Å². The number of hydrogen-bond acceptors (Lipinski definition) is 5. The van der Waals surface area contributed by atoms with Gasteiger partial charge in [-0.05, 0) is 18.6 Å². The summed E-state index contributed by atoms with van der Waals surface area (Å²) in [6, 6.07) is 4.42. The highest BCUT2D eigenvalue weighted by atomic mass is 32.2. The number of thioether (sulfide) groups is 1. The van der Waals surface area contributed by atoms with Crippen LogP contribution in [-0.2, 0) is 16.1 Å². The largest absolute Gasteiger partial charge is 0.459 e. The SMILES string of the molecule is CC1C2OC(=O)CC2SC2c3ncccc3CN21. The van der Waals surface area contributed by atoms with Crippen molar-refractivity contribution in [2.75, 3.05) is 0 Å². The molecule has 0 spiro atoms. The molecule has 0 aliphatic carbocycles.